The SMILES string of the molecule is CCCOc1ccc(CNCC(C)(C)CCO)cc1. The van der Waals surface area contributed by atoms with E-state index < -0.39 is 0 Å². The van der Waals surface area contributed by atoms with Crippen molar-refractivity contribution in [3.8, 4) is 5.75 Å². The van der Waals surface area contributed by atoms with E-state index in [4.69, 9.17) is 9.84 Å². The third-order valence-electron chi connectivity index (χ3n) is 3.12. The van der Waals surface area contributed by atoms with Gasteiger partial charge in [-0.25, -0.2) is 0 Å². The molecule has 0 saturated carbocycles. The minimum Gasteiger partial charge on any atom is -0.494 e. The predicted octanol–water partition coefficient (Wildman–Crippen LogP) is 2.97. The number of hydrogen-bond acceptors (Lipinski definition) is 3. The summed E-state index contributed by atoms with van der Waals surface area (Å²) in [5.74, 6) is 0.936. The first-order valence-corrected chi connectivity index (χ1v) is 7.11. The highest BCUT2D eigenvalue weighted by molar-refractivity contribution is 5.27. The van der Waals surface area contributed by atoms with Gasteiger partial charge in [0.2, 0.25) is 0 Å². The zero-order chi connectivity index (χ0) is 14.1. The van der Waals surface area contributed by atoms with Crippen molar-refractivity contribution in [1.29, 1.82) is 0 Å². The number of hydrogen-bond donors (Lipinski definition) is 2. The number of ether oxygens (including phenoxy) is 1. The fraction of sp³-hybridized carbons (Fsp3) is 0.625. The minimum absolute atomic E-state index is 0.138. The molecule has 0 aliphatic heterocycles. The van der Waals surface area contributed by atoms with Gasteiger partial charge in [-0.1, -0.05) is 32.9 Å². The topological polar surface area (TPSA) is 41.5 Å². The lowest BCUT2D eigenvalue weighted by Gasteiger charge is -2.24. The number of nitrogens with one attached hydrogen (secondary N) is 1. The highest BCUT2D eigenvalue weighted by atomic mass is 16.5. The molecule has 0 heterocycles. The van der Waals surface area contributed by atoms with Crippen molar-refractivity contribution in [2.24, 2.45) is 5.41 Å². The fourth-order valence-electron chi connectivity index (χ4n) is 1.86. The first-order valence-electron chi connectivity index (χ1n) is 7.11. The molecule has 1 aromatic carbocycles. The van der Waals surface area contributed by atoms with Gasteiger partial charge in [0.25, 0.3) is 0 Å². The molecule has 1 rings (SSSR count). The summed E-state index contributed by atoms with van der Waals surface area (Å²) in [5, 5.41) is 12.4. The van der Waals surface area contributed by atoms with E-state index in [-0.39, 0.29) is 12.0 Å². The Balaban J connectivity index is 2.33. The second kappa shape index (κ2) is 8.18. The van der Waals surface area contributed by atoms with Crippen LogP contribution < -0.4 is 10.1 Å². The molecule has 0 spiro atoms. The van der Waals surface area contributed by atoms with Crippen molar-refractivity contribution in [1.82, 2.24) is 5.32 Å². The van der Waals surface area contributed by atoms with Crippen LogP contribution in [0.15, 0.2) is 24.3 Å². The lowest BCUT2D eigenvalue weighted by atomic mass is 9.90. The molecule has 0 aliphatic carbocycles. The minimum atomic E-state index is 0.138. The Kier molecular flexibility index (Phi) is 6.89. The van der Waals surface area contributed by atoms with Crippen LogP contribution in [0.25, 0.3) is 0 Å². The molecule has 0 radical (unpaired) electrons. The second-order valence-corrected chi connectivity index (χ2v) is 5.73. The van der Waals surface area contributed by atoms with Crippen LogP contribution in [0.3, 0.4) is 0 Å². The van der Waals surface area contributed by atoms with Gasteiger partial charge in [-0.05, 0) is 36.0 Å². The maximum absolute atomic E-state index is 8.98. The maximum atomic E-state index is 8.98. The Labute approximate surface area is 117 Å². The highest BCUT2D eigenvalue weighted by Gasteiger charge is 2.16. The van der Waals surface area contributed by atoms with Crippen LogP contribution in [0.1, 0.15) is 39.2 Å². The van der Waals surface area contributed by atoms with E-state index in [0.29, 0.717) is 0 Å². The van der Waals surface area contributed by atoms with Crippen LogP contribution >= 0.6 is 0 Å². The Morgan fingerprint density at radius 1 is 1.21 bits per heavy atom. The molecule has 3 heteroatoms. The Morgan fingerprint density at radius 3 is 2.47 bits per heavy atom. The number of benzene rings is 1. The summed E-state index contributed by atoms with van der Waals surface area (Å²) < 4.78 is 5.55. The van der Waals surface area contributed by atoms with Gasteiger partial charge in [0.15, 0.2) is 0 Å². The molecule has 0 aliphatic rings. The predicted molar refractivity (Wildman–Crippen MR) is 79.4 cm³/mol. The summed E-state index contributed by atoms with van der Waals surface area (Å²) in [5.41, 5.74) is 1.39. The Bertz CT molecular complexity index is 346. The smallest absolute Gasteiger partial charge is 0.119 e. The summed E-state index contributed by atoms with van der Waals surface area (Å²) in [6.45, 7) is 9.21. The molecular weight excluding hydrogens is 238 g/mol. The van der Waals surface area contributed by atoms with E-state index in [2.05, 4.69) is 38.2 Å². The summed E-state index contributed by atoms with van der Waals surface area (Å²) in [6.07, 6.45) is 1.85. The summed E-state index contributed by atoms with van der Waals surface area (Å²) in [4.78, 5) is 0. The first-order chi connectivity index (χ1) is 9.07. The highest BCUT2D eigenvalue weighted by Crippen LogP contribution is 2.18. The van der Waals surface area contributed by atoms with E-state index in [9.17, 15) is 0 Å². The zero-order valence-electron chi connectivity index (χ0n) is 12.4. The molecular formula is C16H27NO2. The Morgan fingerprint density at radius 2 is 1.89 bits per heavy atom. The molecule has 3 nitrogen and oxygen atoms in total. The van der Waals surface area contributed by atoms with Gasteiger partial charge in [0.05, 0.1) is 6.61 Å². The first kappa shape index (κ1) is 16.0. The van der Waals surface area contributed by atoms with Crippen LogP contribution in [-0.4, -0.2) is 24.9 Å². The number of aliphatic hydroxyl groups is 1. The van der Waals surface area contributed by atoms with E-state index in [1.807, 2.05) is 12.1 Å². The van der Waals surface area contributed by atoms with Crippen molar-refractivity contribution < 1.29 is 9.84 Å². The molecule has 0 bridgehead atoms. The van der Waals surface area contributed by atoms with Gasteiger partial charge in [-0.2, -0.15) is 0 Å². The molecule has 0 aromatic heterocycles. The zero-order valence-corrected chi connectivity index (χ0v) is 12.4. The van der Waals surface area contributed by atoms with Crippen molar-refractivity contribution in [3.05, 3.63) is 29.8 Å². The van der Waals surface area contributed by atoms with Gasteiger partial charge < -0.3 is 15.2 Å². The van der Waals surface area contributed by atoms with Crippen molar-refractivity contribution >= 4 is 0 Å². The monoisotopic (exact) mass is 265 g/mol. The lowest BCUT2D eigenvalue weighted by Crippen LogP contribution is -2.29. The molecule has 0 atom stereocenters. The summed E-state index contributed by atoms with van der Waals surface area (Å²) >= 11 is 0. The largest absolute Gasteiger partial charge is 0.494 e. The van der Waals surface area contributed by atoms with Gasteiger partial charge in [0.1, 0.15) is 5.75 Å². The van der Waals surface area contributed by atoms with Crippen LogP contribution in [-0.2, 0) is 6.54 Å². The van der Waals surface area contributed by atoms with Gasteiger partial charge >= 0.3 is 0 Å². The maximum Gasteiger partial charge on any atom is 0.119 e. The molecule has 0 saturated heterocycles. The van der Waals surface area contributed by atoms with Gasteiger partial charge in [-0.15, -0.1) is 0 Å². The van der Waals surface area contributed by atoms with E-state index in [1.165, 1.54) is 5.56 Å². The molecule has 19 heavy (non-hydrogen) atoms. The normalized spacial score (nSPS) is 11.6. The van der Waals surface area contributed by atoms with Crippen molar-refractivity contribution in [2.45, 2.75) is 40.2 Å². The molecule has 1 aromatic rings. The van der Waals surface area contributed by atoms with Gasteiger partial charge in [0, 0.05) is 19.7 Å². The van der Waals surface area contributed by atoms with Crippen molar-refractivity contribution in [2.75, 3.05) is 19.8 Å². The third-order valence-corrected chi connectivity index (χ3v) is 3.12. The second-order valence-electron chi connectivity index (χ2n) is 5.73. The average molecular weight is 265 g/mol. The summed E-state index contributed by atoms with van der Waals surface area (Å²) in [6, 6.07) is 8.23. The number of aliphatic hydroxyl groups excluding tert-OH is 1. The summed E-state index contributed by atoms with van der Waals surface area (Å²) in [7, 11) is 0. The van der Waals surface area contributed by atoms with E-state index >= 15 is 0 Å². The quantitative estimate of drug-likeness (QED) is 0.721. The van der Waals surface area contributed by atoms with Crippen LogP contribution in [0.2, 0.25) is 0 Å². The lowest BCUT2D eigenvalue weighted by molar-refractivity contribution is 0.207. The van der Waals surface area contributed by atoms with Crippen LogP contribution in [0.5, 0.6) is 5.75 Å². The molecule has 0 unspecified atom stereocenters. The van der Waals surface area contributed by atoms with Gasteiger partial charge in [-0.3, -0.25) is 0 Å². The van der Waals surface area contributed by atoms with E-state index in [1.54, 1.807) is 0 Å². The molecule has 0 amide bonds. The Hall–Kier alpha value is -1.06. The third kappa shape index (κ3) is 6.60. The fourth-order valence-corrected chi connectivity index (χ4v) is 1.86. The number of rotatable bonds is 9. The van der Waals surface area contributed by atoms with Crippen molar-refractivity contribution in [3.63, 3.8) is 0 Å². The molecule has 0 fully saturated rings. The molecule has 108 valence electrons. The van der Waals surface area contributed by atoms with E-state index in [0.717, 1.165) is 38.3 Å². The van der Waals surface area contributed by atoms with Crippen LogP contribution in [0, 0.1) is 5.41 Å². The molecule has 2 N–H and O–H groups in total. The van der Waals surface area contributed by atoms with Crippen LogP contribution in [0.4, 0.5) is 0 Å². The average Bonchev–Trinajstić information content (AvgIpc) is 2.37. The standard InChI is InChI=1S/C16H27NO2/c1-4-11-19-15-7-5-14(6-8-15)12-17-13-16(2,3)9-10-18/h5-8,17-18H,4,9-13H2,1-3H3.